The molecule has 0 aliphatic heterocycles. The van der Waals surface area contributed by atoms with Crippen LogP contribution in [0.1, 0.15) is 81.4 Å². The predicted octanol–water partition coefficient (Wildman–Crippen LogP) is 8.01. The van der Waals surface area contributed by atoms with Crippen molar-refractivity contribution >= 4 is 0 Å². The lowest BCUT2D eigenvalue weighted by molar-refractivity contribution is -0.0487. The van der Waals surface area contributed by atoms with Crippen molar-refractivity contribution < 1.29 is 4.74 Å². The van der Waals surface area contributed by atoms with Crippen LogP contribution in [0.2, 0.25) is 0 Å². The first-order valence-electron chi connectivity index (χ1n) is 12.7. The van der Waals surface area contributed by atoms with Crippen molar-refractivity contribution in [3.8, 4) is 0 Å². The summed E-state index contributed by atoms with van der Waals surface area (Å²) in [4.78, 5) is 0. The van der Waals surface area contributed by atoms with Crippen LogP contribution < -0.4 is 5.73 Å². The van der Waals surface area contributed by atoms with Gasteiger partial charge in [0.25, 0.3) is 0 Å². The van der Waals surface area contributed by atoms with Gasteiger partial charge in [-0.15, -0.1) is 0 Å². The molecule has 0 saturated heterocycles. The van der Waals surface area contributed by atoms with Crippen molar-refractivity contribution in [2.24, 2.45) is 5.73 Å². The standard InChI is InChI=1S/C31H40NO/c1-2-3-4-5-6-7-8-9-19-26-30(32)33-31(27-20-13-10-14-21-27,28-22-15-11-16-23-28)29-24-17-12-18-25-29/h7,10-18,20-25,30H,2-6,8-9,19,26,32H2,1H3. The third-order valence-corrected chi connectivity index (χ3v) is 6.28. The Bertz CT molecular complexity index is 782. The molecule has 0 bridgehead atoms. The second-order valence-electron chi connectivity index (χ2n) is 8.86. The number of benzene rings is 3. The summed E-state index contributed by atoms with van der Waals surface area (Å²) in [6, 6.07) is 31.4. The van der Waals surface area contributed by atoms with Gasteiger partial charge >= 0.3 is 0 Å². The molecule has 3 aromatic rings. The van der Waals surface area contributed by atoms with Crippen LogP contribution in [-0.4, -0.2) is 6.23 Å². The first-order chi connectivity index (χ1) is 16.3. The third-order valence-electron chi connectivity index (χ3n) is 6.28. The minimum Gasteiger partial charge on any atom is -0.343 e. The van der Waals surface area contributed by atoms with E-state index >= 15 is 0 Å². The number of nitrogens with two attached hydrogens (primary N) is 1. The quantitative estimate of drug-likeness (QED) is 0.147. The van der Waals surface area contributed by atoms with Gasteiger partial charge < -0.3 is 10.5 Å². The van der Waals surface area contributed by atoms with Gasteiger partial charge in [0, 0.05) is 0 Å². The lowest BCUT2D eigenvalue weighted by atomic mass is 9.80. The van der Waals surface area contributed by atoms with E-state index in [4.69, 9.17) is 10.5 Å². The third kappa shape index (κ3) is 7.28. The molecule has 0 heterocycles. The van der Waals surface area contributed by atoms with E-state index in [1.807, 2.05) is 18.2 Å². The van der Waals surface area contributed by atoms with Gasteiger partial charge in [-0.05, 0) is 36.0 Å². The fourth-order valence-corrected chi connectivity index (χ4v) is 4.50. The molecule has 0 fully saturated rings. The summed E-state index contributed by atoms with van der Waals surface area (Å²) in [5.41, 5.74) is 9.18. The van der Waals surface area contributed by atoms with Crippen LogP contribution >= 0.6 is 0 Å². The van der Waals surface area contributed by atoms with Gasteiger partial charge in [0.15, 0.2) is 0 Å². The molecule has 2 nitrogen and oxygen atoms in total. The maximum Gasteiger partial charge on any atom is 0.145 e. The molecule has 0 aliphatic carbocycles. The average Bonchev–Trinajstić information content (AvgIpc) is 2.88. The summed E-state index contributed by atoms with van der Waals surface area (Å²) < 4.78 is 6.84. The van der Waals surface area contributed by atoms with Crippen molar-refractivity contribution in [1.82, 2.24) is 0 Å². The second kappa shape index (κ2) is 14.0. The van der Waals surface area contributed by atoms with Crippen molar-refractivity contribution in [2.75, 3.05) is 0 Å². The van der Waals surface area contributed by atoms with E-state index in [-0.39, 0.29) is 6.23 Å². The van der Waals surface area contributed by atoms with Crippen LogP contribution in [0.5, 0.6) is 0 Å². The van der Waals surface area contributed by atoms with E-state index in [1.165, 1.54) is 44.9 Å². The summed E-state index contributed by atoms with van der Waals surface area (Å²) in [6.07, 6.45) is 12.9. The average molecular weight is 443 g/mol. The van der Waals surface area contributed by atoms with Gasteiger partial charge in [-0.3, -0.25) is 0 Å². The highest BCUT2D eigenvalue weighted by molar-refractivity contribution is 5.47. The Balaban J connectivity index is 1.70. The Morgan fingerprint density at radius 3 is 1.58 bits per heavy atom. The second-order valence-corrected chi connectivity index (χ2v) is 8.86. The smallest absolute Gasteiger partial charge is 0.145 e. The summed E-state index contributed by atoms with van der Waals surface area (Å²) in [6.45, 7) is 2.26. The van der Waals surface area contributed by atoms with E-state index in [9.17, 15) is 0 Å². The lowest BCUT2D eigenvalue weighted by Gasteiger charge is -2.38. The molecule has 2 N–H and O–H groups in total. The maximum absolute atomic E-state index is 6.84. The summed E-state index contributed by atoms with van der Waals surface area (Å²) in [7, 11) is 0. The van der Waals surface area contributed by atoms with Crippen molar-refractivity contribution in [2.45, 2.75) is 76.5 Å². The molecule has 0 aliphatic rings. The molecule has 3 aromatic carbocycles. The van der Waals surface area contributed by atoms with Crippen molar-refractivity contribution in [3.05, 3.63) is 114 Å². The highest BCUT2D eigenvalue weighted by Gasteiger charge is 2.39. The minimum atomic E-state index is -0.741. The maximum atomic E-state index is 6.84. The summed E-state index contributed by atoms with van der Waals surface area (Å²) in [5.74, 6) is 0. The molecule has 33 heavy (non-hydrogen) atoms. The lowest BCUT2D eigenvalue weighted by Crippen LogP contribution is -2.40. The van der Waals surface area contributed by atoms with E-state index < -0.39 is 5.60 Å². The molecule has 3 rings (SSSR count). The van der Waals surface area contributed by atoms with Crippen LogP contribution in [0.25, 0.3) is 0 Å². The summed E-state index contributed by atoms with van der Waals surface area (Å²) >= 11 is 0. The van der Waals surface area contributed by atoms with Crippen LogP contribution in [0, 0.1) is 6.42 Å². The van der Waals surface area contributed by atoms with Gasteiger partial charge in [-0.25, -0.2) is 0 Å². The van der Waals surface area contributed by atoms with E-state index in [1.54, 1.807) is 0 Å². The first kappa shape index (κ1) is 25.2. The Kier molecular flexibility index (Phi) is 10.7. The zero-order valence-corrected chi connectivity index (χ0v) is 20.2. The largest absolute Gasteiger partial charge is 0.343 e. The molecule has 1 radical (unpaired) electrons. The Hall–Kier alpha value is -2.42. The van der Waals surface area contributed by atoms with Gasteiger partial charge in [-0.2, -0.15) is 0 Å². The van der Waals surface area contributed by atoms with Crippen molar-refractivity contribution in [3.63, 3.8) is 0 Å². The van der Waals surface area contributed by atoms with Crippen LogP contribution in [0.3, 0.4) is 0 Å². The van der Waals surface area contributed by atoms with Gasteiger partial charge in [0.2, 0.25) is 0 Å². The zero-order chi connectivity index (χ0) is 23.2. The Morgan fingerprint density at radius 2 is 1.12 bits per heavy atom. The molecule has 2 heteroatoms. The molecular formula is C31H40NO. The number of hydrogen-bond acceptors (Lipinski definition) is 2. The Morgan fingerprint density at radius 1 is 0.667 bits per heavy atom. The highest BCUT2D eigenvalue weighted by Crippen LogP contribution is 2.41. The van der Waals surface area contributed by atoms with Gasteiger partial charge in [-0.1, -0.05) is 143 Å². The molecule has 1 atom stereocenters. The van der Waals surface area contributed by atoms with Crippen LogP contribution in [0.4, 0.5) is 0 Å². The molecular weight excluding hydrogens is 402 g/mol. The fraction of sp³-hybridized carbons (Fsp3) is 0.387. The fourth-order valence-electron chi connectivity index (χ4n) is 4.50. The normalized spacial score (nSPS) is 12.5. The zero-order valence-electron chi connectivity index (χ0n) is 20.2. The minimum absolute atomic E-state index is 0.352. The molecule has 1 unspecified atom stereocenters. The number of unbranched alkanes of at least 4 members (excludes halogenated alkanes) is 8. The SMILES string of the molecule is CCCCCC[CH]CCCCC(N)OC(c1ccccc1)(c1ccccc1)c1ccccc1. The molecule has 175 valence electrons. The van der Waals surface area contributed by atoms with Crippen molar-refractivity contribution in [1.29, 1.82) is 0 Å². The first-order valence-corrected chi connectivity index (χ1v) is 12.7. The number of rotatable bonds is 15. The van der Waals surface area contributed by atoms with E-state index in [2.05, 4.69) is 86.1 Å². The highest BCUT2D eigenvalue weighted by atomic mass is 16.5. The monoisotopic (exact) mass is 442 g/mol. The van der Waals surface area contributed by atoms with Crippen LogP contribution in [0.15, 0.2) is 91.0 Å². The van der Waals surface area contributed by atoms with Gasteiger partial charge in [0.05, 0.1) is 0 Å². The number of ether oxygens (including phenoxy) is 1. The summed E-state index contributed by atoms with van der Waals surface area (Å²) in [5, 5.41) is 0. The van der Waals surface area contributed by atoms with E-state index in [0.717, 1.165) is 29.5 Å². The van der Waals surface area contributed by atoms with E-state index in [0.29, 0.717) is 0 Å². The van der Waals surface area contributed by atoms with Crippen LogP contribution in [-0.2, 0) is 10.3 Å². The molecule has 0 amide bonds. The molecule has 0 spiro atoms. The molecule has 0 aromatic heterocycles. The number of hydrogen-bond donors (Lipinski definition) is 1. The topological polar surface area (TPSA) is 35.2 Å². The molecule has 0 saturated carbocycles. The predicted molar refractivity (Wildman–Crippen MR) is 140 cm³/mol. The van der Waals surface area contributed by atoms with Gasteiger partial charge in [0.1, 0.15) is 11.8 Å². The Labute approximate surface area is 201 Å².